The van der Waals surface area contributed by atoms with Crippen LogP contribution in [-0.2, 0) is 15.9 Å². The Morgan fingerprint density at radius 2 is 1.58 bits per heavy atom. The lowest BCUT2D eigenvalue weighted by atomic mass is 9.79. The first-order valence-corrected chi connectivity index (χ1v) is 16.9. The van der Waals surface area contributed by atoms with E-state index in [2.05, 4.69) is 10.5 Å². The predicted molar refractivity (Wildman–Crippen MR) is 201 cm³/mol. The maximum atomic E-state index is 13.2. The fourth-order valence-electron chi connectivity index (χ4n) is 6.08. The highest BCUT2D eigenvalue weighted by Gasteiger charge is 2.51. The van der Waals surface area contributed by atoms with Gasteiger partial charge in [-0.15, -0.1) is 0 Å². The molecule has 53 heavy (non-hydrogen) atoms. The number of hydrazone groups is 1. The smallest absolute Gasteiger partial charge is 0.494 e. The SMILES string of the molecule is CC1(C)OB(c2ccc(COc3ccccc3/C=N/NC(=O)c3ccc(-c4c5ccc(=O)cc-5oc5cc(O)ccc45)c(C(=O)O)c3)cc2)OC1(C)C. The third-order valence-electron chi connectivity index (χ3n) is 9.65. The van der Waals surface area contributed by atoms with Crippen molar-refractivity contribution in [1.29, 1.82) is 0 Å². The van der Waals surface area contributed by atoms with E-state index in [1.807, 2.05) is 64.1 Å². The molecular weight excluding hydrogens is 675 g/mol. The third-order valence-corrected chi connectivity index (χ3v) is 9.65. The molecule has 1 amide bonds. The highest BCUT2D eigenvalue weighted by atomic mass is 16.7. The van der Waals surface area contributed by atoms with Crippen LogP contribution in [0.2, 0.25) is 0 Å². The van der Waals surface area contributed by atoms with E-state index in [0.717, 1.165) is 11.0 Å². The number of benzene rings is 5. The largest absolute Gasteiger partial charge is 0.508 e. The van der Waals surface area contributed by atoms with E-state index in [9.17, 15) is 24.6 Å². The van der Waals surface area contributed by atoms with Crippen LogP contribution in [0.25, 0.3) is 33.4 Å². The Morgan fingerprint density at radius 1 is 0.868 bits per heavy atom. The summed E-state index contributed by atoms with van der Waals surface area (Å²) in [6.07, 6.45) is 1.45. The lowest BCUT2D eigenvalue weighted by Crippen LogP contribution is -2.41. The van der Waals surface area contributed by atoms with Gasteiger partial charge in [0.25, 0.3) is 5.91 Å². The lowest BCUT2D eigenvalue weighted by molar-refractivity contribution is 0.00578. The van der Waals surface area contributed by atoms with Crippen LogP contribution in [0.3, 0.4) is 0 Å². The number of phenolic OH excluding ortho intramolecular Hbond substituents is 1. The molecule has 0 aromatic heterocycles. The Morgan fingerprint density at radius 3 is 2.32 bits per heavy atom. The molecule has 4 aromatic rings. The summed E-state index contributed by atoms with van der Waals surface area (Å²) in [7, 11) is -0.456. The van der Waals surface area contributed by atoms with Gasteiger partial charge in [-0.1, -0.05) is 42.5 Å². The standard InChI is InChI=1S/C41H35BN2O9/c1-40(2)41(3,4)53-42(52-40)27-12-9-24(10-13-27)23-50-34-8-6-5-7-26(34)22-43-44-38(47)25-11-16-30(33(19-25)39(48)49)37-31-17-14-28(45)20-35(31)51-36-21-29(46)15-18-32(36)37/h5-22,45H,23H2,1-4H3,(H,44,47)(H,48,49)/b43-22+. The molecule has 4 aromatic carbocycles. The van der Waals surface area contributed by atoms with E-state index < -0.39 is 30.2 Å². The van der Waals surface area contributed by atoms with E-state index in [1.165, 1.54) is 48.7 Å². The number of para-hydroxylation sites is 1. The Bertz CT molecular complexity index is 2420. The summed E-state index contributed by atoms with van der Waals surface area (Å²) >= 11 is 0. The Kier molecular flexibility index (Phi) is 9.11. The number of carboxylic acids is 1. The van der Waals surface area contributed by atoms with Gasteiger partial charge in [0.05, 0.1) is 23.0 Å². The molecule has 1 aliphatic carbocycles. The minimum Gasteiger partial charge on any atom is -0.508 e. The molecule has 0 bridgehead atoms. The number of aromatic hydroxyl groups is 1. The maximum absolute atomic E-state index is 13.2. The predicted octanol–water partition coefficient (Wildman–Crippen LogP) is 6.61. The Hall–Kier alpha value is -6.24. The average molecular weight is 711 g/mol. The van der Waals surface area contributed by atoms with Crippen LogP contribution >= 0.6 is 0 Å². The minimum absolute atomic E-state index is 0.0606. The highest BCUT2D eigenvalue weighted by molar-refractivity contribution is 6.62. The van der Waals surface area contributed by atoms with Gasteiger partial charge in [-0.05, 0) is 92.8 Å². The van der Waals surface area contributed by atoms with Gasteiger partial charge in [0.15, 0.2) is 5.43 Å². The van der Waals surface area contributed by atoms with Crippen LogP contribution in [0.1, 0.15) is 59.5 Å². The highest BCUT2D eigenvalue weighted by Crippen LogP contribution is 2.42. The molecule has 3 aliphatic rings. The van der Waals surface area contributed by atoms with Crippen molar-refractivity contribution in [2.45, 2.75) is 45.5 Å². The normalized spacial score (nSPS) is 14.9. The van der Waals surface area contributed by atoms with E-state index >= 15 is 0 Å². The summed E-state index contributed by atoms with van der Waals surface area (Å²) < 4.78 is 24.3. The second kappa shape index (κ2) is 13.7. The van der Waals surface area contributed by atoms with E-state index in [1.54, 1.807) is 24.3 Å². The quantitative estimate of drug-likeness (QED) is 0.0650. The molecule has 3 N–H and O–H groups in total. The van der Waals surface area contributed by atoms with Crippen molar-refractivity contribution in [3.8, 4) is 33.9 Å². The summed E-state index contributed by atoms with van der Waals surface area (Å²) in [6, 6.07) is 28.0. The molecule has 0 radical (unpaired) electrons. The number of phenols is 1. The van der Waals surface area contributed by atoms with Gasteiger partial charge in [-0.2, -0.15) is 5.10 Å². The first kappa shape index (κ1) is 35.2. The molecule has 0 saturated carbocycles. The second-order valence-corrected chi connectivity index (χ2v) is 13.7. The molecule has 0 unspecified atom stereocenters. The lowest BCUT2D eigenvalue weighted by Gasteiger charge is -2.32. The number of aromatic carboxylic acids is 1. The zero-order valence-electron chi connectivity index (χ0n) is 29.4. The molecule has 11 nitrogen and oxygen atoms in total. The van der Waals surface area contributed by atoms with Crippen LogP contribution in [0.15, 0.2) is 117 Å². The Balaban J connectivity index is 1.07. The van der Waals surface area contributed by atoms with E-state index in [0.29, 0.717) is 33.4 Å². The van der Waals surface area contributed by atoms with Crippen molar-refractivity contribution in [3.63, 3.8) is 0 Å². The summed E-state index contributed by atoms with van der Waals surface area (Å²) in [5.74, 6) is -1.19. The zero-order valence-corrected chi connectivity index (χ0v) is 29.4. The van der Waals surface area contributed by atoms with Gasteiger partial charge in [0.1, 0.15) is 29.4 Å². The molecule has 1 fully saturated rings. The monoisotopic (exact) mass is 710 g/mol. The number of amides is 1. The number of rotatable bonds is 9. The molecule has 2 heterocycles. The fraction of sp³-hybridized carbons (Fsp3) is 0.171. The van der Waals surface area contributed by atoms with Crippen LogP contribution < -0.4 is 21.1 Å². The van der Waals surface area contributed by atoms with Gasteiger partial charge >= 0.3 is 13.1 Å². The summed E-state index contributed by atoms with van der Waals surface area (Å²) in [6.45, 7) is 8.34. The molecule has 266 valence electrons. The number of carbonyl (C=O) groups excluding carboxylic acids is 1. The molecular formula is C41H35BN2O9. The second-order valence-electron chi connectivity index (χ2n) is 13.7. The van der Waals surface area contributed by atoms with E-state index in [4.69, 9.17) is 18.5 Å². The summed E-state index contributed by atoms with van der Waals surface area (Å²) in [5.41, 5.74) is 5.20. The van der Waals surface area contributed by atoms with Gasteiger partial charge in [0, 0.05) is 39.8 Å². The number of ether oxygens (including phenoxy) is 1. The van der Waals surface area contributed by atoms with Gasteiger partial charge < -0.3 is 28.7 Å². The number of nitrogens with one attached hydrogen (secondary N) is 1. The van der Waals surface area contributed by atoms with Gasteiger partial charge in [-0.25, -0.2) is 10.2 Å². The van der Waals surface area contributed by atoms with Crippen LogP contribution in [0, 0.1) is 0 Å². The molecule has 2 aliphatic heterocycles. The van der Waals surface area contributed by atoms with Crippen molar-refractivity contribution in [2.24, 2.45) is 5.10 Å². The van der Waals surface area contributed by atoms with Crippen molar-refractivity contribution in [1.82, 2.24) is 5.43 Å². The first-order valence-electron chi connectivity index (χ1n) is 16.9. The van der Waals surface area contributed by atoms with E-state index in [-0.39, 0.29) is 40.3 Å². The first-order chi connectivity index (χ1) is 25.3. The van der Waals surface area contributed by atoms with Crippen molar-refractivity contribution >= 4 is 41.6 Å². The molecule has 1 saturated heterocycles. The fourth-order valence-corrected chi connectivity index (χ4v) is 6.08. The molecule has 0 spiro atoms. The summed E-state index contributed by atoms with van der Waals surface area (Å²) in [4.78, 5) is 37.9. The van der Waals surface area contributed by atoms with Crippen molar-refractivity contribution in [3.05, 3.63) is 136 Å². The number of hydrogen-bond acceptors (Lipinski definition) is 9. The average Bonchev–Trinajstić information content (AvgIpc) is 3.35. The maximum Gasteiger partial charge on any atom is 0.494 e. The zero-order chi connectivity index (χ0) is 37.5. The van der Waals surface area contributed by atoms with Crippen molar-refractivity contribution in [2.75, 3.05) is 0 Å². The molecule has 7 rings (SSSR count). The van der Waals surface area contributed by atoms with Gasteiger partial charge in [0.2, 0.25) is 0 Å². The molecule has 12 heteroatoms. The number of fused-ring (bicyclic) bond motifs is 2. The number of hydrogen-bond donors (Lipinski definition) is 3. The number of nitrogens with zero attached hydrogens (tertiary/aromatic N) is 1. The van der Waals surface area contributed by atoms with Crippen LogP contribution in [0.5, 0.6) is 11.5 Å². The number of carboxylic acid groups (broad SMARTS) is 1. The topological polar surface area (TPSA) is 157 Å². The number of carbonyl (C=O) groups is 2. The van der Waals surface area contributed by atoms with Crippen LogP contribution in [-0.4, -0.2) is 46.6 Å². The third kappa shape index (κ3) is 7.02. The summed E-state index contributed by atoms with van der Waals surface area (Å²) in [5, 5.41) is 25.0. The molecule has 0 atom stereocenters. The Labute approximate surface area is 304 Å². The minimum atomic E-state index is -1.27. The van der Waals surface area contributed by atoms with Crippen LogP contribution in [0.4, 0.5) is 0 Å². The van der Waals surface area contributed by atoms with Crippen molar-refractivity contribution < 1.29 is 38.3 Å². The van der Waals surface area contributed by atoms with Gasteiger partial charge in [-0.3, -0.25) is 9.59 Å².